The first-order valence-corrected chi connectivity index (χ1v) is 4.48. The van der Waals surface area contributed by atoms with E-state index in [2.05, 4.69) is 5.10 Å². The van der Waals surface area contributed by atoms with Crippen LogP contribution in [0.15, 0.2) is 6.20 Å². The lowest BCUT2D eigenvalue weighted by molar-refractivity contribution is 0.0504. The third-order valence-electron chi connectivity index (χ3n) is 1.71. The molecule has 14 heavy (non-hydrogen) atoms. The second-order valence-electron chi connectivity index (χ2n) is 3.10. The average Bonchev–Trinajstić information content (AvgIpc) is 2.47. The fourth-order valence-corrected chi connectivity index (χ4v) is 1.12. The normalized spacial score (nSPS) is 10.6. The lowest BCUT2D eigenvalue weighted by atomic mass is 10.3. The van der Waals surface area contributed by atoms with Gasteiger partial charge in [0.2, 0.25) is 0 Å². The smallest absolute Gasteiger partial charge is 0.359 e. The van der Waals surface area contributed by atoms with Gasteiger partial charge in [-0.2, -0.15) is 5.10 Å². The Hall–Kier alpha value is -1.39. The van der Waals surface area contributed by atoms with E-state index in [0.29, 0.717) is 0 Å². The van der Waals surface area contributed by atoms with Crippen LogP contribution in [0.5, 0.6) is 0 Å². The van der Waals surface area contributed by atoms with Crippen LogP contribution < -0.4 is 0 Å². The summed E-state index contributed by atoms with van der Waals surface area (Å²) in [5.41, 5.74) is -0.109. The number of carbonyl (C=O) groups is 1. The van der Waals surface area contributed by atoms with Crippen molar-refractivity contribution in [3.05, 3.63) is 17.7 Å². The molecule has 0 radical (unpaired) electrons. The van der Waals surface area contributed by atoms with Gasteiger partial charge >= 0.3 is 5.97 Å². The lowest BCUT2D eigenvalue weighted by Gasteiger charge is -2.09. The van der Waals surface area contributed by atoms with E-state index in [9.17, 15) is 9.18 Å². The molecule has 0 aliphatic carbocycles. The molecule has 0 fully saturated rings. The predicted octanol–water partition coefficient (Wildman–Crippen LogP) is 1.78. The van der Waals surface area contributed by atoms with Gasteiger partial charge in [-0.25, -0.2) is 9.18 Å². The van der Waals surface area contributed by atoms with E-state index in [0.717, 1.165) is 6.20 Å². The fraction of sp³-hybridized carbons (Fsp3) is 0.556. The average molecular weight is 200 g/mol. The van der Waals surface area contributed by atoms with Crippen molar-refractivity contribution < 1.29 is 13.9 Å². The maximum absolute atomic E-state index is 13.2. The highest BCUT2D eigenvalue weighted by molar-refractivity contribution is 5.87. The van der Waals surface area contributed by atoms with Gasteiger partial charge in [-0.1, -0.05) is 0 Å². The van der Waals surface area contributed by atoms with Gasteiger partial charge < -0.3 is 4.74 Å². The molecule has 0 aromatic carbocycles. The molecular weight excluding hydrogens is 187 g/mol. The Bertz CT molecular complexity index is 334. The molecule has 0 saturated carbocycles. The summed E-state index contributed by atoms with van der Waals surface area (Å²) in [6.07, 6.45) is 1.02. The number of halogens is 1. The van der Waals surface area contributed by atoms with Crippen LogP contribution in [0.4, 0.5) is 4.39 Å². The molecule has 0 N–H and O–H groups in total. The van der Waals surface area contributed by atoms with E-state index in [1.54, 1.807) is 6.92 Å². The first-order valence-electron chi connectivity index (χ1n) is 4.48. The highest BCUT2D eigenvalue weighted by Crippen LogP contribution is 2.13. The third-order valence-corrected chi connectivity index (χ3v) is 1.71. The molecule has 1 rings (SSSR count). The van der Waals surface area contributed by atoms with Gasteiger partial charge in [0.05, 0.1) is 12.8 Å². The van der Waals surface area contributed by atoms with Crippen LogP contribution in [-0.4, -0.2) is 22.4 Å². The molecule has 1 heterocycles. The van der Waals surface area contributed by atoms with Gasteiger partial charge in [-0.15, -0.1) is 0 Å². The minimum atomic E-state index is -0.670. The number of rotatable bonds is 3. The van der Waals surface area contributed by atoms with Crippen LogP contribution in [-0.2, 0) is 4.74 Å². The second kappa shape index (κ2) is 4.21. The van der Waals surface area contributed by atoms with Crippen LogP contribution in [0.1, 0.15) is 37.3 Å². The molecular formula is C9H13FN2O2. The van der Waals surface area contributed by atoms with Gasteiger partial charge in [-0.3, -0.25) is 4.68 Å². The van der Waals surface area contributed by atoms with E-state index >= 15 is 0 Å². The first-order chi connectivity index (χ1) is 6.57. The van der Waals surface area contributed by atoms with E-state index in [1.165, 1.54) is 4.68 Å². The van der Waals surface area contributed by atoms with Crippen molar-refractivity contribution in [2.45, 2.75) is 26.8 Å². The molecule has 0 atom stereocenters. The lowest BCUT2D eigenvalue weighted by Crippen LogP contribution is -2.16. The van der Waals surface area contributed by atoms with Gasteiger partial charge in [0.25, 0.3) is 0 Å². The van der Waals surface area contributed by atoms with Crippen molar-refractivity contribution in [3.63, 3.8) is 0 Å². The molecule has 0 spiro atoms. The van der Waals surface area contributed by atoms with Gasteiger partial charge in [0, 0.05) is 6.04 Å². The summed E-state index contributed by atoms with van der Waals surface area (Å²) in [7, 11) is 0. The maximum Gasteiger partial charge on any atom is 0.359 e. The molecule has 78 valence electrons. The third kappa shape index (κ3) is 1.92. The molecule has 5 heteroatoms. The van der Waals surface area contributed by atoms with Crippen LogP contribution >= 0.6 is 0 Å². The number of hydrogen-bond donors (Lipinski definition) is 0. The SMILES string of the molecule is CCOC(=O)c1c(F)cnn1C(C)C. The molecule has 1 aromatic heterocycles. The van der Waals surface area contributed by atoms with E-state index < -0.39 is 11.8 Å². The van der Waals surface area contributed by atoms with Crippen molar-refractivity contribution in [3.8, 4) is 0 Å². The number of esters is 1. The molecule has 0 aliphatic rings. The van der Waals surface area contributed by atoms with Crippen molar-refractivity contribution in [1.82, 2.24) is 9.78 Å². The molecule has 0 amide bonds. The predicted molar refractivity (Wildman–Crippen MR) is 48.5 cm³/mol. The molecule has 0 bridgehead atoms. The molecule has 0 aliphatic heterocycles. The summed E-state index contributed by atoms with van der Waals surface area (Å²) in [6, 6.07) is -0.0705. The number of nitrogens with zero attached hydrogens (tertiary/aromatic N) is 2. The van der Waals surface area contributed by atoms with Gasteiger partial charge in [-0.05, 0) is 20.8 Å². The standard InChI is InChI=1S/C9H13FN2O2/c1-4-14-9(13)8-7(10)5-11-12(8)6(2)3/h5-6H,4H2,1-3H3. The van der Waals surface area contributed by atoms with E-state index in [-0.39, 0.29) is 18.3 Å². The Morgan fingerprint density at radius 1 is 1.71 bits per heavy atom. The van der Waals surface area contributed by atoms with Crippen molar-refractivity contribution in [2.75, 3.05) is 6.61 Å². The van der Waals surface area contributed by atoms with Gasteiger partial charge in [0.1, 0.15) is 0 Å². The second-order valence-corrected chi connectivity index (χ2v) is 3.10. The van der Waals surface area contributed by atoms with Crippen LogP contribution in [0, 0.1) is 5.82 Å². The summed E-state index contributed by atoms with van der Waals surface area (Å²) < 4.78 is 19.2. The van der Waals surface area contributed by atoms with Crippen molar-refractivity contribution in [1.29, 1.82) is 0 Å². The van der Waals surface area contributed by atoms with Crippen molar-refractivity contribution >= 4 is 5.97 Å². The maximum atomic E-state index is 13.2. The summed E-state index contributed by atoms with van der Waals surface area (Å²) >= 11 is 0. The number of carbonyl (C=O) groups excluding carboxylic acids is 1. The Kier molecular flexibility index (Phi) is 3.22. The molecule has 0 saturated heterocycles. The Balaban J connectivity index is 3.04. The Labute approximate surface area is 81.7 Å². The zero-order valence-corrected chi connectivity index (χ0v) is 8.45. The topological polar surface area (TPSA) is 44.1 Å². The first kappa shape index (κ1) is 10.7. The van der Waals surface area contributed by atoms with Gasteiger partial charge in [0.15, 0.2) is 11.5 Å². The molecule has 1 aromatic rings. The quantitative estimate of drug-likeness (QED) is 0.698. The highest BCUT2D eigenvalue weighted by atomic mass is 19.1. The van der Waals surface area contributed by atoms with E-state index in [1.807, 2.05) is 13.8 Å². The zero-order chi connectivity index (χ0) is 10.7. The largest absolute Gasteiger partial charge is 0.461 e. The zero-order valence-electron chi connectivity index (χ0n) is 8.45. The molecule has 4 nitrogen and oxygen atoms in total. The summed E-state index contributed by atoms with van der Waals surface area (Å²) in [5.74, 6) is -1.31. The van der Waals surface area contributed by atoms with E-state index in [4.69, 9.17) is 4.74 Å². The number of ether oxygens (including phenoxy) is 1. The van der Waals surface area contributed by atoms with Crippen LogP contribution in [0.3, 0.4) is 0 Å². The Morgan fingerprint density at radius 2 is 2.36 bits per heavy atom. The number of aromatic nitrogens is 2. The van der Waals surface area contributed by atoms with Crippen molar-refractivity contribution in [2.24, 2.45) is 0 Å². The number of hydrogen-bond acceptors (Lipinski definition) is 3. The highest BCUT2D eigenvalue weighted by Gasteiger charge is 2.21. The summed E-state index contributed by atoms with van der Waals surface area (Å²) in [6.45, 7) is 5.53. The van der Waals surface area contributed by atoms with Crippen LogP contribution in [0.25, 0.3) is 0 Å². The fourth-order valence-electron chi connectivity index (χ4n) is 1.12. The Morgan fingerprint density at radius 3 is 2.86 bits per heavy atom. The minimum absolute atomic E-state index is 0.0705. The minimum Gasteiger partial charge on any atom is -0.461 e. The van der Waals surface area contributed by atoms with Crippen LogP contribution in [0.2, 0.25) is 0 Å². The molecule has 0 unspecified atom stereocenters. The summed E-state index contributed by atoms with van der Waals surface area (Å²) in [5, 5.41) is 3.76. The summed E-state index contributed by atoms with van der Waals surface area (Å²) in [4.78, 5) is 11.3. The monoisotopic (exact) mass is 200 g/mol.